The highest BCUT2D eigenvalue weighted by Crippen LogP contribution is 2.20. The molecular weight excluding hydrogens is 218 g/mol. The number of ether oxygens (including phenoxy) is 2. The van der Waals surface area contributed by atoms with Crippen molar-refractivity contribution in [3.8, 4) is 5.75 Å². The smallest absolute Gasteiger partial charge is 0.170 e. The number of pyridine rings is 1. The van der Waals surface area contributed by atoms with E-state index in [9.17, 15) is 4.79 Å². The molecule has 2 rings (SSSR count). The van der Waals surface area contributed by atoms with Gasteiger partial charge in [-0.2, -0.15) is 0 Å². The number of nitrogens with zero attached hydrogens (tertiary/aromatic N) is 1. The van der Waals surface area contributed by atoms with Gasteiger partial charge in [-0.15, -0.1) is 0 Å². The van der Waals surface area contributed by atoms with E-state index in [0.717, 1.165) is 12.8 Å². The quantitative estimate of drug-likeness (QED) is 0.733. The Morgan fingerprint density at radius 1 is 1.59 bits per heavy atom. The zero-order chi connectivity index (χ0) is 12.1. The second-order valence-corrected chi connectivity index (χ2v) is 4.18. The van der Waals surface area contributed by atoms with Crippen LogP contribution in [0.1, 0.15) is 30.1 Å². The molecule has 17 heavy (non-hydrogen) atoms. The maximum absolute atomic E-state index is 12.1. The third-order valence-corrected chi connectivity index (χ3v) is 2.77. The van der Waals surface area contributed by atoms with Gasteiger partial charge in [0, 0.05) is 24.3 Å². The van der Waals surface area contributed by atoms with Crippen LogP contribution in [0.15, 0.2) is 18.5 Å². The Balaban J connectivity index is 2.06. The molecule has 0 aromatic carbocycles. The number of hydrogen-bond acceptors (Lipinski definition) is 4. The zero-order valence-electron chi connectivity index (χ0n) is 10.0. The molecule has 0 saturated carbocycles. The molecule has 0 N–H and O–H groups in total. The van der Waals surface area contributed by atoms with Gasteiger partial charge in [-0.1, -0.05) is 6.92 Å². The molecule has 2 heterocycles. The fourth-order valence-electron chi connectivity index (χ4n) is 1.83. The summed E-state index contributed by atoms with van der Waals surface area (Å²) in [5.41, 5.74) is 0.620. The number of carbonyl (C=O) groups excluding carboxylic acids is 1. The molecule has 0 amide bonds. The predicted octanol–water partition coefficient (Wildman–Crippen LogP) is 2.09. The van der Waals surface area contributed by atoms with Crippen LogP contribution in [0.25, 0.3) is 0 Å². The van der Waals surface area contributed by atoms with E-state index in [1.54, 1.807) is 18.5 Å². The van der Waals surface area contributed by atoms with Crippen molar-refractivity contribution < 1.29 is 14.3 Å². The van der Waals surface area contributed by atoms with Gasteiger partial charge in [0.2, 0.25) is 0 Å². The Kier molecular flexibility index (Phi) is 4.09. The largest absolute Gasteiger partial charge is 0.492 e. The monoisotopic (exact) mass is 235 g/mol. The van der Waals surface area contributed by atoms with Crippen LogP contribution >= 0.6 is 0 Å². The lowest BCUT2D eigenvalue weighted by Gasteiger charge is -2.08. The Bertz CT molecular complexity index is 386. The summed E-state index contributed by atoms with van der Waals surface area (Å²) in [5.74, 6) is 0.756. The lowest BCUT2D eigenvalue weighted by molar-refractivity contribution is 0.0899. The van der Waals surface area contributed by atoms with E-state index >= 15 is 0 Å². The van der Waals surface area contributed by atoms with Gasteiger partial charge in [0.05, 0.1) is 19.4 Å². The van der Waals surface area contributed by atoms with Crippen molar-refractivity contribution in [3.63, 3.8) is 0 Å². The molecule has 92 valence electrons. The van der Waals surface area contributed by atoms with Gasteiger partial charge >= 0.3 is 0 Å². The molecule has 1 atom stereocenters. The minimum absolute atomic E-state index is 0.0155. The molecular formula is C13H17NO3. The molecule has 1 fully saturated rings. The lowest BCUT2D eigenvalue weighted by atomic mass is 9.98. The fraction of sp³-hybridized carbons (Fsp3) is 0.538. The summed E-state index contributed by atoms with van der Waals surface area (Å²) in [4.78, 5) is 16.1. The molecule has 1 aliphatic rings. The SMILES string of the molecule is CCCOc1cncc(C(=O)C2CCOC2)c1. The van der Waals surface area contributed by atoms with Crippen LogP contribution in [-0.4, -0.2) is 30.6 Å². The van der Waals surface area contributed by atoms with Crippen LogP contribution in [0.2, 0.25) is 0 Å². The first-order valence-electron chi connectivity index (χ1n) is 6.01. The summed E-state index contributed by atoms with van der Waals surface area (Å²) in [6.45, 7) is 3.89. The molecule has 1 saturated heterocycles. The summed E-state index contributed by atoms with van der Waals surface area (Å²) in [5, 5.41) is 0. The maximum Gasteiger partial charge on any atom is 0.170 e. The Morgan fingerprint density at radius 2 is 2.47 bits per heavy atom. The van der Waals surface area contributed by atoms with Crippen LogP contribution < -0.4 is 4.74 Å². The predicted molar refractivity (Wildman–Crippen MR) is 63.3 cm³/mol. The fourth-order valence-corrected chi connectivity index (χ4v) is 1.83. The maximum atomic E-state index is 12.1. The minimum atomic E-state index is -0.0155. The Morgan fingerprint density at radius 3 is 3.18 bits per heavy atom. The molecule has 4 heteroatoms. The number of carbonyl (C=O) groups is 1. The molecule has 0 aliphatic carbocycles. The van der Waals surface area contributed by atoms with E-state index in [0.29, 0.717) is 31.1 Å². The van der Waals surface area contributed by atoms with Crippen molar-refractivity contribution in [1.29, 1.82) is 0 Å². The average molecular weight is 235 g/mol. The van der Waals surface area contributed by atoms with E-state index < -0.39 is 0 Å². The van der Waals surface area contributed by atoms with Crippen LogP contribution in [0.4, 0.5) is 0 Å². The van der Waals surface area contributed by atoms with Gasteiger partial charge in [0.15, 0.2) is 5.78 Å². The summed E-state index contributed by atoms with van der Waals surface area (Å²) in [6.07, 6.45) is 4.98. The molecule has 4 nitrogen and oxygen atoms in total. The van der Waals surface area contributed by atoms with Gasteiger partial charge in [0.1, 0.15) is 5.75 Å². The van der Waals surface area contributed by atoms with Crippen LogP contribution in [0.3, 0.4) is 0 Å². The third-order valence-electron chi connectivity index (χ3n) is 2.77. The van der Waals surface area contributed by atoms with E-state index in [-0.39, 0.29) is 11.7 Å². The van der Waals surface area contributed by atoms with Gasteiger partial charge in [-0.05, 0) is 18.9 Å². The summed E-state index contributed by atoms with van der Waals surface area (Å²) in [6, 6.07) is 1.77. The van der Waals surface area contributed by atoms with Gasteiger partial charge in [-0.25, -0.2) is 0 Å². The summed E-state index contributed by atoms with van der Waals surface area (Å²) >= 11 is 0. The highest BCUT2D eigenvalue weighted by molar-refractivity contribution is 5.98. The van der Waals surface area contributed by atoms with E-state index in [4.69, 9.17) is 9.47 Å². The molecule has 1 aliphatic heterocycles. The van der Waals surface area contributed by atoms with E-state index in [1.165, 1.54) is 0 Å². The van der Waals surface area contributed by atoms with Gasteiger partial charge < -0.3 is 9.47 Å². The standard InChI is InChI=1S/C13H17NO3/c1-2-4-17-12-6-11(7-14-8-12)13(15)10-3-5-16-9-10/h6-8,10H,2-5,9H2,1H3. The average Bonchev–Trinajstić information content (AvgIpc) is 2.89. The molecule has 0 spiro atoms. The van der Waals surface area contributed by atoms with Crippen molar-refractivity contribution in [2.24, 2.45) is 5.92 Å². The first-order chi connectivity index (χ1) is 8.31. The lowest BCUT2D eigenvalue weighted by Crippen LogP contribution is -2.15. The molecule has 0 radical (unpaired) electrons. The highest BCUT2D eigenvalue weighted by Gasteiger charge is 2.24. The number of hydrogen-bond donors (Lipinski definition) is 0. The molecule has 1 unspecified atom stereocenters. The summed E-state index contributed by atoms with van der Waals surface area (Å²) < 4.78 is 10.7. The van der Waals surface area contributed by atoms with Crippen molar-refractivity contribution in [2.45, 2.75) is 19.8 Å². The molecule has 0 bridgehead atoms. The second kappa shape index (κ2) is 5.77. The van der Waals surface area contributed by atoms with Crippen LogP contribution in [0.5, 0.6) is 5.75 Å². The molecule has 1 aromatic heterocycles. The Hall–Kier alpha value is -1.42. The van der Waals surface area contributed by atoms with Crippen LogP contribution in [0, 0.1) is 5.92 Å². The van der Waals surface area contributed by atoms with E-state index in [1.807, 2.05) is 6.92 Å². The normalized spacial score (nSPS) is 19.2. The minimum Gasteiger partial charge on any atom is -0.492 e. The van der Waals surface area contributed by atoms with Crippen molar-refractivity contribution in [2.75, 3.05) is 19.8 Å². The van der Waals surface area contributed by atoms with Crippen molar-refractivity contribution in [3.05, 3.63) is 24.0 Å². The zero-order valence-corrected chi connectivity index (χ0v) is 10.0. The van der Waals surface area contributed by atoms with Crippen molar-refractivity contribution >= 4 is 5.78 Å². The number of rotatable bonds is 5. The number of aromatic nitrogens is 1. The third kappa shape index (κ3) is 3.03. The highest BCUT2D eigenvalue weighted by atomic mass is 16.5. The second-order valence-electron chi connectivity index (χ2n) is 4.18. The van der Waals surface area contributed by atoms with Crippen LogP contribution in [-0.2, 0) is 4.74 Å². The van der Waals surface area contributed by atoms with Gasteiger partial charge in [0.25, 0.3) is 0 Å². The number of ketones is 1. The topological polar surface area (TPSA) is 48.4 Å². The summed E-state index contributed by atoms with van der Waals surface area (Å²) in [7, 11) is 0. The molecule has 1 aromatic rings. The number of Topliss-reactive ketones (excluding diaryl/α,β-unsaturated/α-hetero) is 1. The van der Waals surface area contributed by atoms with Gasteiger partial charge in [-0.3, -0.25) is 9.78 Å². The Labute approximate surface area is 101 Å². The first kappa shape index (κ1) is 12.0. The van der Waals surface area contributed by atoms with E-state index in [2.05, 4.69) is 4.98 Å². The van der Waals surface area contributed by atoms with Crippen molar-refractivity contribution in [1.82, 2.24) is 4.98 Å². The first-order valence-corrected chi connectivity index (χ1v) is 6.01.